The Labute approximate surface area is 155 Å². The predicted molar refractivity (Wildman–Crippen MR) is 105 cm³/mol. The highest BCUT2D eigenvalue weighted by molar-refractivity contribution is 6.31. The molecule has 1 amide bonds. The second-order valence-electron chi connectivity index (χ2n) is 6.91. The third-order valence-corrected chi connectivity index (χ3v) is 5.53. The number of amides is 1. The van der Waals surface area contributed by atoms with E-state index >= 15 is 0 Å². The first-order valence-electron chi connectivity index (χ1n) is 8.87. The van der Waals surface area contributed by atoms with Crippen LogP contribution in [-0.4, -0.2) is 15.9 Å². The summed E-state index contributed by atoms with van der Waals surface area (Å²) < 4.78 is 0. The van der Waals surface area contributed by atoms with E-state index < -0.39 is 0 Å². The molecular weight excluding hydrogens is 346 g/mol. The number of aromatic amines is 2. The van der Waals surface area contributed by atoms with Crippen LogP contribution >= 0.6 is 11.6 Å². The lowest BCUT2D eigenvalue weighted by Crippen LogP contribution is -2.31. The van der Waals surface area contributed by atoms with Crippen molar-refractivity contribution >= 4 is 39.3 Å². The van der Waals surface area contributed by atoms with E-state index in [9.17, 15) is 4.79 Å². The normalized spacial score (nSPS) is 16.7. The van der Waals surface area contributed by atoms with Crippen molar-refractivity contribution in [2.24, 2.45) is 0 Å². The number of benzene rings is 2. The number of carbonyl (C=O) groups is 1. The quantitative estimate of drug-likeness (QED) is 0.455. The van der Waals surface area contributed by atoms with Gasteiger partial charge in [0, 0.05) is 44.3 Å². The number of H-pyrrole nitrogens is 2. The fraction of sp³-hybridized carbons (Fsp3) is 0.190. The Morgan fingerprint density at radius 3 is 2.92 bits per heavy atom. The summed E-state index contributed by atoms with van der Waals surface area (Å²) in [6.45, 7) is 0. The van der Waals surface area contributed by atoms with Gasteiger partial charge in [-0.2, -0.15) is 0 Å². The zero-order chi connectivity index (χ0) is 17.7. The van der Waals surface area contributed by atoms with Crippen LogP contribution in [0.2, 0.25) is 5.02 Å². The van der Waals surface area contributed by atoms with Gasteiger partial charge < -0.3 is 15.3 Å². The maximum absolute atomic E-state index is 12.8. The summed E-state index contributed by atoms with van der Waals surface area (Å²) in [5, 5.41) is 6.16. The van der Waals surface area contributed by atoms with Gasteiger partial charge in [0.25, 0.3) is 5.91 Å². The van der Waals surface area contributed by atoms with Crippen molar-refractivity contribution in [3.05, 3.63) is 70.5 Å². The van der Waals surface area contributed by atoms with Crippen molar-refractivity contribution in [3.8, 4) is 0 Å². The number of rotatable bonds is 2. The monoisotopic (exact) mass is 363 g/mol. The van der Waals surface area contributed by atoms with Crippen LogP contribution in [0.3, 0.4) is 0 Å². The summed E-state index contributed by atoms with van der Waals surface area (Å²) in [7, 11) is 0. The van der Waals surface area contributed by atoms with Gasteiger partial charge in [0.05, 0.1) is 6.04 Å². The highest BCUT2D eigenvalue weighted by Gasteiger charge is 2.26. The molecule has 0 spiro atoms. The molecule has 26 heavy (non-hydrogen) atoms. The minimum atomic E-state index is -0.0392. The Bertz CT molecular complexity index is 1140. The van der Waals surface area contributed by atoms with Crippen LogP contribution in [0.4, 0.5) is 0 Å². The van der Waals surface area contributed by atoms with Gasteiger partial charge in [0.1, 0.15) is 0 Å². The van der Waals surface area contributed by atoms with Crippen LogP contribution < -0.4 is 5.32 Å². The molecule has 5 heteroatoms. The van der Waals surface area contributed by atoms with Crippen molar-refractivity contribution in [2.45, 2.75) is 25.3 Å². The number of hydrogen-bond donors (Lipinski definition) is 3. The molecule has 0 unspecified atom stereocenters. The van der Waals surface area contributed by atoms with Gasteiger partial charge in [-0.15, -0.1) is 0 Å². The van der Waals surface area contributed by atoms with Crippen LogP contribution in [0.5, 0.6) is 0 Å². The standard InChI is InChI=1S/C21H18ClN3O/c22-14-5-7-18-16(11-14)15-2-1-3-19(20(15)24-18)25-21(26)13-4-6-17-12(10-13)8-9-23-17/h4-11,19,23-24H,1-3H2,(H,25,26)/t19-/m1/s1. The highest BCUT2D eigenvalue weighted by atomic mass is 35.5. The SMILES string of the molecule is O=C(N[C@@H]1CCCc2c1[nH]c1ccc(Cl)cc21)c1ccc2[nH]ccc2c1. The minimum absolute atomic E-state index is 0.000604. The number of hydrogen-bond acceptors (Lipinski definition) is 1. The second-order valence-corrected chi connectivity index (χ2v) is 7.34. The van der Waals surface area contributed by atoms with E-state index in [1.54, 1.807) is 0 Å². The zero-order valence-electron chi connectivity index (χ0n) is 14.1. The van der Waals surface area contributed by atoms with Crippen molar-refractivity contribution in [1.29, 1.82) is 0 Å². The van der Waals surface area contributed by atoms with Crippen molar-refractivity contribution in [1.82, 2.24) is 15.3 Å². The summed E-state index contributed by atoms with van der Waals surface area (Å²) in [5.74, 6) is -0.0392. The Kier molecular flexibility index (Phi) is 3.54. The first kappa shape index (κ1) is 15.5. The molecule has 2 heterocycles. The van der Waals surface area contributed by atoms with Gasteiger partial charge in [0.2, 0.25) is 0 Å². The van der Waals surface area contributed by atoms with E-state index in [4.69, 9.17) is 11.6 Å². The Hall–Kier alpha value is -2.72. The lowest BCUT2D eigenvalue weighted by Gasteiger charge is -2.24. The fourth-order valence-electron chi connectivity index (χ4n) is 4.02. The van der Waals surface area contributed by atoms with Crippen molar-refractivity contribution in [2.75, 3.05) is 0 Å². The van der Waals surface area contributed by atoms with Crippen molar-refractivity contribution in [3.63, 3.8) is 0 Å². The number of nitrogens with one attached hydrogen (secondary N) is 3. The molecule has 0 aliphatic heterocycles. The summed E-state index contributed by atoms with van der Waals surface area (Å²) >= 11 is 6.17. The summed E-state index contributed by atoms with van der Waals surface area (Å²) in [6.07, 6.45) is 4.88. The molecule has 2 aromatic heterocycles. The van der Waals surface area contributed by atoms with Crippen LogP contribution in [0.25, 0.3) is 21.8 Å². The maximum Gasteiger partial charge on any atom is 0.251 e. The molecule has 0 radical (unpaired) electrons. The Morgan fingerprint density at radius 2 is 2.00 bits per heavy atom. The van der Waals surface area contributed by atoms with Gasteiger partial charge in [-0.1, -0.05) is 11.6 Å². The molecule has 1 aliphatic carbocycles. The number of carbonyl (C=O) groups excluding carboxylic acids is 1. The molecule has 0 bridgehead atoms. The maximum atomic E-state index is 12.8. The molecule has 1 atom stereocenters. The topological polar surface area (TPSA) is 60.7 Å². The largest absolute Gasteiger partial charge is 0.361 e. The highest BCUT2D eigenvalue weighted by Crippen LogP contribution is 2.36. The molecule has 0 saturated carbocycles. The molecule has 2 aromatic carbocycles. The van der Waals surface area contributed by atoms with E-state index in [-0.39, 0.29) is 11.9 Å². The van der Waals surface area contributed by atoms with Gasteiger partial charge >= 0.3 is 0 Å². The number of halogens is 1. The van der Waals surface area contributed by atoms with E-state index in [2.05, 4.69) is 15.3 Å². The lowest BCUT2D eigenvalue weighted by molar-refractivity contribution is 0.0932. The molecular formula is C21H18ClN3O. The Morgan fingerprint density at radius 1 is 1.12 bits per heavy atom. The molecule has 130 valence electrons. The van der Waals surface area contributed by atoms with Gasteiger partial charge in [-0.05, 0) is 67.3 Å². The van der Waals surface area contributed by atoms with Crippen LogP contribution in [0.15, 0.2) is 48.7 Å². The van der Waals surface area contributed by atoms with Gasteiger partial charge in [0.15, 0.2) is 0 Å². The first-order chi connectivity index (χ1) is 12.7. The zero-order valence-corrected chi connectivity index (χ0v) is 14.9. The molecule has 5 rings (SSSR count). The lowest BCUT2D eigenvalue weighted by atomic mass is 9.91. The Balaban J connectivity index is 1.48. The molecule has 3 N–H and O–H groups in total. The summed E-state index contributed by atoms with van der Waals surface area (Å²) in [6, 6.07) is 13.6. The molecule has 0 fully saturated rings. The molecule has 4 nitrogen and oxygen atoms in total. The van der Waals surface area contributed by atoms with E-state index in [0.717, 1.165) is 46.4 Å². The molecule has 1 aliphatic rings. The predicted octanol–water partition coefficient (Wildman–Crippen LogP) is 5.11. The van der Waals surface area contributed by atoms with E-state index in [0.29, 0.717) is 5.56 Å². The van der Waals surface area contributed by atoms with Crippen LogP contribution in [-0.2, 0) is 6.42 Å². The van der Waals surface area contributed by atoms with Crippen LogP contribution in [0.1, 0.15) is 40.5 Å². The fourth-order valence-corrected chi connectivity index (χ4v) is 4.19. The molecule has 4 aromatic rings. The average molecular weight is 364 g/mol. The smallest absolute Gasteiger partial charge is 0.251 e. The average Bonchev–Trinajstić information content (AvgIpc) is 3.25. The third kappa shape index (κ3) is 2.49. The second kappa shape index (κ2) is 5.92. The number of fused-ring (bicyclic) bond motifs is 4. The van der Waals surface area contributed by atoms with E-state index in [1.807, 2.05) is 48.7 Å². The van der Waals surface area contributed by atoms with E-state index in [1.165, 1.54) is 10.9 Å². The number of aryl methyl sites for hydroxylation is 1. The minimum Gasteiger partial charge on any atom is -0.361 e. The van der Waals surface area contributed by atoms with Crippen LogP contribution in [0, 0.1) is 0 Å². The van der Waals surface area contributed by atoms with Gasteiger partial charge in [-0.25, -0.2) is 0 Å². The summed E-state index contributed by atoms with van der Waals surface area (Å²) in [4.78, 5) is 19.5. The van der Waals surface area contributed by atoms with Crippen molar-refractivity contribution < 1.29 is 4.79 Å². The third-order valence-electron chi connectivity index (χ3n) is 5.29. The summed E-state index contributed by atoms with van der Waals surface area (Å²) in [5.41, 5.74) is 5.19. The van der Waals surface area contributed by atoms with Gasteiger partial charge in [-0.3, -0.25) is 4.79 Å². The first-order valence-corrected chi connectivity index (χ1v) is 9.25. The molecule has 0 saturated heterocycles. The number of aromatic nitrogens is 2.